The van der Waals surface area contributed by atoms with Gasteiger partial charge in [-0.2, -0.15) is 0 Å². The van der Waals surface area contributed by atoms with Gasteiger partial charge in [0.25, 0.3) is 0 Å². The second kappa shape index (κ2) is 4.70. The molecular weight excluding hydrogens is 207 g/mol. The minimum absolute atomic E-state index is 0.0262. The predicted molar refractivity (Wildman–Crippen MR) is 59.0 cm³/mol. The van der Waals surface area contributed by atoms with Crippen molar-refractivity contribution in [1.82, 2.24) is 10.3 Å². The van der Waals surface area contributed by atoms with Crippen molar-refractivity contribution >= 4 is 5.78 Å². The van der Waals surface area contributed by atoms with E-state index in [0.717, 1.165) is 11.4 Å². The molecule has 1 aliphatic rings. The van der Waals surface area contributed by atoms with E-state index < -0.39 is 6.17 Å². The first-order valence-electron chi connectivity index (χ1n) is 5.48. The number of nitrogens with one attached hydrogen (secondary N) is 1. The zero-order valence-corrected chi connectivity index (χ0v) is 9.24. The molecule has 1 aromatic heterocycles. The van der Waals surface area contributed by atoms with Crippen molar-refractivity contribution in [3.8, 4) is 0 Å². The average Bonchev–Trinajstić information content (AvgIpc) is 2.65. The van der Waals surface area contributed by atoms with Gasteiger partial charge in [0.05, 0.1) is 12.5 Å². The number of rotatable bonds is 3. The number of pyridine rings is 1. The molecule has 2 atom stereocenters. The van der Waals surface area contributed by atoms with Gasteiger partial charge in [-0.05, 0) is 19.1 Å². The van der Waals surface area contributed by atoms with E-state index in [1.165, 1.54) is 0 Å². The third-order valence-electron chi connectivity index (χ3n) is 2.77. The smallest absolute Gasteiger partial charge is 0.155 e. The van der Waals surface area contributed by atoms with E-state index in [-0.39, 0.29) is 24.8 Å². The summed E-state index contributed by atoms with van der Waals surface area (Å²) in [6.45, 7) is 2.18. The summed E-state index contributed by atoms with van der Waals surface area (Å²) in [7, 11) is 0. The van der Waals surface area contributed by atoms with Gasteiger partial charge in [0, 0.05) is 24.4 Å². The SMILES string of the molecule is Cc1cccc(CC(=O)[C@@H]2C[C@@H](F)CN2)n1. The number of hydrogen-bond donors (Lipinski definition) is 1. The number of Topliss-reactive ketones (excluding diaryl/α,β-unsaturated/α-hetero) is 1. The van der Waals surface area contributed by atoms with Crippen molar-refractivity contribution in [2.24, 2.45) is 0 Å². The lowest BCUT2D eigenvalue weighted by molar-refractivity contribution is -0.120. The molecular formula is C12H15FN2O. The normalized spacial score (nSPS) is 24.6. The van der Waals surface area contributed by atoms with Crippen molar-refractivity contribution in [1.29, 1.82) is 0 Å². The number of alkyl halides is 1. The quantitative estimate of drug-likeness (QED) is 0.835. The van der Waals surface area contributed by atoms with Crippen LogP contribution in [0.4, 0.5) is 4.39 Å². The minimum atomic E-state index is -0.889. The molecule has 0 saturated carbocycles. The van der Waals surface area contributed by atoms with Crippen LogP contribution in [0.5, 0.6) is 0 Å². The van der Waals surface area contributed by atoms with E-state index in [2.05, 4.69) is 10.3 Å². The number of aromatic nitrogens is 1. The number of aryl methyl sites for hydroxylation is 1. The molecule has 2 rings (SSSR count). The Labute approximate surface area is 94.1 Å². The zero-order chi connectivity index (χ0) is 11.5. The molecule has 1 saturated heterocycles. The minimum Gasteiger partial charge on any atom is -0.304 e. The van der Waals surface area contributed by atoms with Crippen LogP contribution in [-0.4, -0.2) is 29.5 Å². The summed E-state index contributed by atoms with van der Waals surface area (Å²) in [4.78, 5) is 16.1. The van der Waals surface area contributed by atoms with Gasteiger partial charge >= 0.3 is 0 Å². The Bertz CT molecular complexity index is 394. The van der Waals surface area contributed by atoms with E-state index >= 15 is 0 Å². The highest BCUT2D eigenvalue weighted by atomic mass is 19.1. The number of hydrogen-bond acceptors (Lipinski definition) is 3. The van der Waals surface area contributed by atoms with Crippen molar-refractivity contribution in [2.45, 2.75) is 32.0 Å². The number of halogens is 1. The molecule has 1 N–H and O–H groups in total. The highest BCUT2D eigenvalue weighted by molar-refractivity contribution is 5.86. The number of carbonyl (C=O) groups is 1. The van der Waals surface area contributed by atoms with Crippen LogP contribution in [0, 0.1) is 6.92 Å². The van der Waals surface area contributed by atoms with Gasteiger partial charge in [0.2, 0.25) is 0 Å². The molecule has 1 aliphatic heterocycles. The van der Waals surface area contributed by atoms with Gasteiger partial charge in [-0.3, -0.25) is 9.78 Å². The Morgan fingerprint density at radius 2 is 2.44 bits per heavy atom. The lowest BCUT2D eigenvalue weighted by Crippen LogP contribution is -2.32. The van der Waals surface area contributed by atoms with E-state index in [4.69, 9.17) is 0 Å². The first-order chi connectivity index (χ1) is 7.65. The second-order valence-corrected chi connectivity index (χ2v) is 4.21. The van der Waals surface area contributed by atoms with Gasteiger partial charge in [-0.15, -0.1) is 0 Å². The first kappa shape index (κ1) is 11.2. The van der Waals surface area contributed by atoms with Crippen LogP contribution in [0.2, 0.25) is 0 Å². The topological polar surface area (TPSA) is 42.0 Å². The number of ketones is 1. The maximum absolute atomic E-state index is 12.9. The van der Waals surface area contributed by atoms with Crippen molar-refractivity contribution in [2.75, 3.05) is 6.54 Å². The van der Waals surface area contributed by atoms with Gasteiger partial charge in [0.1, 0.15) is 6.17 Å². The van der Waals surface area contributed by atoms with Crippen LogP contribution in [0.15, 0.2) is 18.2 Å². The predicted octanol–water partition coefficient (Wildman–Crippen LogP) is 1.20. The van der Waals surface area contributed by atoms with E-state index in [1.807, 2.05) is 25.1 Å². The van der Waals surface area contributed by atoms with Crippen LogP contribution < -0.4 is 5.32 Å². The number of nitrogens with zero attached hydrogens (tertiary/aromatic N) is 1. The van der Waals surface area contributed by atoms with Crippen LogP contribution in [-0.2, 0) is 11.2 Å². The average molecular weight is 222 g/mol. The fourth-order valence-electron chi connectivity index (χ4n) is 1.94. The van der Waals surface area contributed by atoms with Crippen molar-refractivity contribution in [3.05, 3.63) is 29.6 Å². The Kier molecular flexibility index (Phi) is 3.29. The Hall–Kier alpha value is -1.29. The standard InChI is InChI=1S/C12H15FN2O/c1-8-3-2-4-10(15-8)6-12(16)11-5-9(13)7-14-11/h2-4,9,11,14H,5-7H2,1H3/t9-,11+/m1/s1. The summed E-state index contributed by atoms with van der Waals surface area (Å²) in [5.74, 6) is 0.0262. The van der Waals surface area contributed by atoms with Crippen LogP contribution in [0.1, 0.15) is 17.8 Å². The fourth-order valence-corrected chi connectivity index (χ4v) is 1.94. The Morgan fingerprint density at radius 3 is 3.06 bits per heavy atom. The molecule has 1 aromatic rings. The zero-order valence-electron chi connectivity index (χ0n) is 9.24. The molecule has 0 radical (unpaired) electrons. The van der Waals surface area contributed by atoms with Gasteiger partial charge < -0.3 is 5.32 Å². The summed E-state index contributed by atoms with van der Waals surface area (Å²) in [5.41, 5.74) is 1.65. The highest BCUT2D eigenvalue weighted by Gasteiger charge is 2.28. The van der Waals surface area contributed by atoms with Crippen molar-refractivity contribution in [3.63, 3.8) is 0 Å². The summed E-state index contributed by atoms with van der Waals surface area (Å²) in [6.07, 6.45) is -0.309. The first-order valence-corrected chi connectivity index (χ1v) is 5.48. The summed E-state index contributed by atoms with van der Waals surface area (Å²) < 4.78 is 12.9. The monoisotopic (exact) mass is 222 g/mol. The molecule has 16 heavy (non-hydrogen) atoms. The van der Waals surface area contributed by atoms with Gasteiger partial charge in [0.15, 0.2) is 5.78 Å². The molecule has 0 unspecified atom stereocenters. The summed E-state index contributed by atoms with van der Waals surface area (Å²) in [5, 5.41) is 2.89. The molecule has 0 spiro atoms. The van der Waals surface area contributed by atoms with Crippen molar-refractivity contribution < 1.29 is 9.18 Å². The molecule has 1 fully saturated rings. The summed E-state index contributed by atoms with van der Waals surface area (Å²) >= 11 is 0. The maximum Gasteiger partial charge on any atom is 0.155 e. The molecule has 4 heteroatoms. The molecule has 86 valence electrons. The van der Waals surface area contributed by atoms with E-state index in [0.29, 0.717) is 6.42 Å². The maximum atomic E-state index is 12.9. The largest absolute Gasteiger partial charge is 0.304 e. The fraction of sp³-hybridized carbons (Fsp3) is 0.500. The van der Waals surface area contributed by atoms with Gasteiger partial charge in [-0.25, -0.2) is 4.39 Å². The van der Waals surface area contributed by atoms with Crippen LogP contribution >= 0.6 is 0 Å². The molecule has 2 heterocycles. The Morgan fingerprint density at radius 1 is 1.62 bits per heavy atom. The van der Waals surface area contributed by atoms with E-state index in [1.54, 1.807) is 0 Å². The lowest BCUT2D eigenvalue weighted by Gasteiger charge is -2.08. The third kappa shape index (κ3) is 2.64. The molecule has 0 aromatic carbocycles. The summed E-state index contributed by atoms with van der Waals surface area (Å²) in [6, 6.07) is 5.26. The Balaban J connectivity index is 1.97. The second-order valence-electron chi connectivity index (χ2n) is 4.21. The molecule has 0 bridgehead atoms. The third-order valence-corrected chi connectivity index (χ3v) is 2.77. The molecule has 0 aliphatic carbocycles. The highest BCUT2D eigenvalue weighted by Crippen LogP contribution is 2.12. The molecule has 3 nitrogen and oxygen atoms in total. The van der Waals surface area contributed by atoms with Crippen LogP contribution in [0.3, 0.4) is 0 Å². The van der Waals surface area contributed by atoms with Gasteiger partial charge in [-0.1, -0.05) is 6.07 Å². The lowest BCUT2D eigenvalue weighted by atomic mass is 10.1. The van der Waals surface area contributed by atoms with Crippen LogP contribution in [0.25, 0.3) is 0 Å². The molecule has 0 amide bonds. The van der Waals surface area contributed by atoms with E-state index in [9.17, 15) is 9.18 Å². The number of carbonyl (C=O) groups excluding carboxylic acids is 1.